The molecule has 0 atom stereocenters. The summed E-state index contributed by atoms with van der Waals surface area (Å²) in [7, 11) is 0. The molecule has 0 aliphatic carbocycles. The summed E-state index contributed by atoms with van der Waals surface area (Å²) in [5.41, 5.74) is 0.864. The Labute approximate surface area is 201 Å². The molecule has 33 heavy (non-hydrogen) atoms. The van der Waals surface area contributed by atoms with Gasteiger partial charge in [-0.1, -0.05) is 35.5 Å². The van der Waals surface area contributed by atoms with Crippen LogP contribution in [-0.4, -0.2) is 37.3 Å². The summed E-state index contributed by atoms with van der Waals surface area (Å²) >= 11 is 8.66. The lowest BCUT2D eigenvalue weighted by Crippen LogP contribution is -2.24. The first-order valence-corrected chi connectivity index (χ1v) is 11.8. The van der Waals surface area contributed by atoms with Crippen molar-refractivity contribution in [3.05, 3.63) is 82.3 Å². The van der Waals surface area contributed by atoms with Crippen molar-refractivity contribution in [1.82, 2.24) is 25.1 Å². The van der Waals surface area contributed by atoms with Crippen LogP contribution in [0.3, 0.4) is 0 Å². The number of benzene rings is 2. The third-order valence-corrected chi connectivity index (χ3v) is 6.12. The SMILES string of the molecule is O=C(CSc1nnc(CNC(=O)c2cccc(F)c2)n1-c1cccc(Cl)c1)Nc1nccs1. The fraction of sp³-hybridized carbons (Fsp3) is 0.0952. The number of amides is 2. The molecule has 2 amide bonds. The van der Waals surface area contributed by atoms with Crippen LogP contribution in [0.2, 0.25) is 5.02 Å². The summed E-state index contributed by atoms with van der Waals surface area (Å²) in [5, 5.41) is 17.0. The number of thiazole rings is 1. The molecule has 0 aliphatic rings. The van der Waals surface area contributed by atoms with Crippen LogP contribution in [0.25, 0.3) is 5.69 Å². The lowest BCUT2D eigenvalue weighted by molar-refractivity contribution is -0.113. The zero-order valence-electron chi connectivity index (χ0n) is 16.9. The third-order valence-electron chi connectivity index (χ3n) is 4.27. The topological polar surface area (TPSA) is 102 Å². The van der Waals surface area contributed by atoms with E-state index >= 15 is 0 Å². The number of anilines is 1. The second-order valence-corrected chi connectivity index (χ2v) is 8.85. The monoisotopic (exact) mass is 502 g/mol. The van der Waals surface area contributed by atoms with Gasteiger partial charge in [0.25, 0.3) is 5.91 Å². The standard InChI is InChI=1S/C21H16ClFN6O2S2/c22-14-4-2-6-16(10-14)29-17(11-25-19(31)13-3-1-5-15(23)9-13)27-28-21(29)33-12-18(30)26-20-24-7-8-32-20/h1-10H,11-12H2,(H,25,31)(H,24,26,30). The van der Waals surface area contributed by atoms with E-state index in [2.05, 4.69) is 25.8 Å². The number of hydrogen-bond donors (Lipinski definition) is 2. The van der Waals surface area contributed by atoms with E-state index < -0.39 is 11.7 Å². The minimum atomic E-state index is -0.501. The van der Waals surface area contributed by atoms with Crippen LogP contribution in [-0.2, 0) is 11.3 Å². The number of aromatic nitrogens is 4. The minimum absolute atomic E-state index is 0.0285. The van der Waals surface area contributed by atoms with Crippen molar-refractivity contribution >= 4 is 51.6 Å². The first-order valence-electron chi connectivity index (χ1n) is 9.56. The highest BCUT2D eigenvalue weighted by molar-refractivity contribution is 7.99. The van der Waals surface area contributed by atoms with Crippen LogP contribution in [0, 0.1) is 5.82 Å². The van der Waals surface area contributed by atoms with Gasteiger partial charge in [-0.2, -0.15) is 0 Å². The van der Waals surface area contributed by atoms with Crippen molar-refractivity contribution in [1.29, 1.82) is 0 Å². The van der Waals surface area contributed by atoms with Crippen molar-refractivity contribution in [2.24, 2.45) is 0 Å². The van der Waals surface area contributed by atoms with Gasteiger partial charge >= 0.3 is 0 Å². The average molecular weight is 503 g/mol. The lowest BCUT2D eigenvalue weighted by atomic mass is 10.2. The third kappa shape index (κ3) is 5.95. The van der Waals surface area contributed by atoms with E-state index in [1.807, 2.05) is 6.07 Å². The Kier molecular flexibility index (Phi) is 7.33. The normalized spacial score (nSPS) is 10.7. The molecule has 0 saturated heterocycles. The molecule has 2 N–H and O–H groups in total. The number of carbonyl (C=O) groups is 2. The number of nitrogens with zero attached hydrogens (tertiary/aromatic N) is 4. The molecule has 168 valence electrons. The van der Waals surface area contributed by atoms with Crippen LogP contribution >= 0.6 is 34.7 Å². The molecule has 0 aliphatic heterocycles. The van der Waals surface area contributed by atoms with Crippen molar-refractivity contribution in [2.45, 2.75) is 11.7 Å². The largest absolute Gasteiger partial charge is 0.345 e. The molecule has 0 bridgehead atoms. The Morgan fingerprint density at radius 1 is 1.15 bits per heavy atom. The Hall–Kier alpha value is -3.28. The van der Waals surface area contributed by atoms with E-state index in [1.165, 1.54) is 41.3 Å². The van der Waals surface area contributed by atoms with Gasteiger partial charge in [0.05, 0.1) is 18.0 Å². The first-order chi connectivity index (χ1) is 16.0. The molecular weight excluding hydrogens is 487 g/mol. The van der Waals surface area contributed by atoms with E-state index in [4.69, 9.17) is 11.6 Å². The van der Waals surface area contributed by atoms with Gasteiger partial charge in [-0.25, -0.2) is 9.37 Å². The number of carbonyl (C=O) groups excluding carboxylic acids is 2. The van der Waals surface area contributed by atoms with E-state index in [1.54, 1.807) is 34.3 Å². The molecule has 8 nitrogen and oxygen atoms in total. The summed E-state index contributed by atoms with van der Waals surface area (Å²) in [4.78, 5) is 28.7. The zero-order chi connectivity index (χ0) is 23.2. The number of hydrogen-bond acceptors (Lipinski definition) is 7. The van der Waals surface area contributed by atoms with Gasteiger partial charge in [0.2, 0.25) is 5.91 Å². The van der Waals surface area contributed by atoms with Gasteiger partial charge in [-0.05, 0) is 36.4 Å². The maximum atomic E-state index is 13.4. The summed E-state index contributed by atoms with van der Waals surface area (Å²) in [6, 6.07) is 12.4. The fourth-order valence-electron chi connectivity index (χ4n) is 2.84. The average Bonchev–Trinajstić information content (AvgIpc) is 3.45. The van der Waals surface area contributed by atoms with Crippen LogP contribution < -0.4 is 10.6 Å². The van der Waals surface area contributed by atoms with Crippen LogP contribution in [0.5, 0.6) is 0 Å². The molecular formula is C21H16ClFN6O2S2. The molecule has 4 aromatic rings. The van der Waals surface area contributed by atoms with Crippen LogP contribution in [0.4, 0.5) is 9.52 Å². The number of rotatable bonds is 8. The second kappa shape index (κ2) is 10.6. The Morgan fingerprint density at radius 2 is 2.00 bits per heavy atom. The van der Waals surface area contributed by atoms with Crippen molar-refractivity contribution in [2.75, 3.05) is 11.1 Å². The summed E-state index contributed by atoms with van der Waals surface area (Å²) in [5.74, 6) is -0.693. The van der Waals surface area contributed by atoms with Crippen molar-refractivity contribution in [3.63, 3.8) is 0 Å². The Balaban J connectivity index is 1.52. The van der Waals surface area contributed by atoms with Gasteiger partial charge in [-0.3, -0.25) is 14.2 Å². The molecule has 2 aromatic heterocycles. The highest BCUT2D eigenvalue weighted by atomic mass is 35.5. The van der Waals surface area contributed by atoms with Crippen LogP contribution in [0.15, 0.2) is 65.3 Å². The van der Waals surface area contributed by atoms with Gasteiger partial charge in [0, 0.05) is 22.2 Å². The molecule has 0 unspecified atom stereocenters. The molecule has 0 fully saturated rings. The smallest absolute Gasteiger partial charge is 0.251 e. The van der Waals surface area contributed by atoms with E-state index in [0.717, 1.165) is 6.07 Å². The predicted octanol–water partition coefficient (Wildman–Crippen LogP) is 4.18. The Bertz CT molecular complexity index is 1280. The Morgan fingerprint density at radius 3 is 2.76 bits per heavy atom. The van der Waals surface area contributed by atoms with Gasteiger partial charge in [0.15, 0.2) is 16.1 Å². The van der Waals surface area contributed by atoms with Gasteiger partial charge < -0.3 is 10.6 Å². The maximum Gasteiger partial charge on any atom is 0.251 e. The summed E-state index contributed by atoms with van der Waals surface area (Å²) in [6.45, 7) is 0.0285. The van der Waals surface area contributed by atoms with Gasteiger partial charge in [-0.15, -0.1) is 21.5 Å². The lowest BCUT2D eigenvalue weighted by Gasteiger charge is -2.11. The maximum absolute atomic E-state index is 13.4. The zero-order valence-corrected chi connectivity index (χ0v) is 19.3. The fourth-order valence-corrected chi connectivity index (χ4v) is 4.35. The molecule has 4 rings (SSSR count). The minimum Gasteiger partial charge on any atom is -0.345 e. The molecule has 0 saturated carbocycles. The van der Waals surface area contributed by atoms with Crippen molar-refractivity contribution < 1.29 is 14.0 Å². The predicted molar refractivity (Wildman–Crippen MR) is 125 cm³/mol. The molecule has 0 spiro atoms. The highest BCUT2D eigenvalue weighted by Crippen LogP contribution is 2.24. The quantitative estimate of drug-likeness (QED) is 0.350. The molecule has 12 heteroatoms. The van der Waals surface area contributed by atoms with Crippen molar-refractivity contribution in [3.8, 4) is 5.69 Å². The van der Waals surface area contributed by atoms with E-state index in [-0.39, 0.29) is 23.8 Å². The summed E-state index contributed by atoms with van der Waals surface area (Å²) < 4.78 is 15.1. The van der Waals surface area contributed by atoms with Crippen LogP contribution in [0.1, 0.15) is 16.2 Å². The molecule has 2 heterocycles. The van der Waals surface area contributed by atoms with E-state index in [0.29, 0.717) is 26.8 Å². The summed E-state index contributed by atoms with van der Waals surface area (Å²) in [6.07, 6.45) is 1.60. The first kappa shape index (κ1) is 22.9. The molecule has 0 radical (unpaired) electrons. The highest BCUT2D eigenvalue weighted by Gasteiger charge is 2.18. The molecule has 2 aromatic carbocycles. The number of thioether (sulfide) groups is 1. The number of nitrogens with one attached hydrogen (secondary N) is 2. The second-order valence-electron chi connectivity index (χ2n) is 6.58. The van der Waals surface area contributed by atoms with Gasteiger partial charge in [0.1, 0.15) is 5.82 Å². The number of halogens is 2. The van der Waals surface area contributed by atoms with E-state index in [9.17, 15) is 14.0 Å².